The van der Waals surface area contributed by atoms with Crippen molar-refractivity contribution < 1.29 is 24.3 Å². The van der Waals surface area contributed by atoms with Crippen molar-refractivity contribution in [3.63, 3.8) is 0 Å². The van der Waals surface area contributed by atoms with Crippen molar-refractivity contribution in [2.24, 2.45) is 0 Å². The fourth-order valence-electron chi connectivity index (χ4n) is 1.49. The molecule has 1 aromatic carbocycles. The summed E-state index contributed by atoms with van der Waals surface area (Å²) < 4.78 is 16.4. The molecule has 0 saturated carbocycles. The Morgan fingerprint density at radius 2 is 1.75 bits per heavy atom. The van der Waals surface area contributed by atoms with Crippen molar-refractivity contribution in [2.45, 2.75) is 26.4 Å². The molecule has 0 amide bonds. The minimum atomic E-state index is -1.48. The predicted molar refractivity (Wildman–Crippen MR) is 78.3 cm³/mol. The van der Waals surface area contributed by atoms with Crippen LogP contribution in [-0.4, -0.2) is 49.2 Å². The molecule has 0 aliphatic heterocycles. The standard InChI is InChI=1S/C14H23BO5/c1-14(2,3)20-10-8-18-7-9-19-13-6-4-5-12(11-13)15(16)17/h4-6,11,16-17H,7-10H2,1-3H3. The molecule has 0 spiro atoms. The van der Waals surface area contributed by atoms with Crippen LogP contribution < -0.4 is 10.2 Å². The highest BCUT2D eigenvalue weighted by Gasteiger charge is 2.11. The Kier molecular flexibility index (Phi) is 7.02. The van der Waals surface area contributed by atoms with Gasteiger partial charge in [-0.2, -0.15) is 0 Å². The van der Waals surface area contributed by atoms with Crippen LogP contribution in [0.3, 0.4) is 0 Å². The molecule has 0 unspecified atom stereocenters. The SMILES string of the molecule is CC(C)(C)OCCOCCOc1cccc(B(O)O)c1. The van der Waals surface area contributed by atoms with E-state index in [4.69, 9.17) is 24.3 Å². The van der Waals surface area contributed by atoms with E-state index in [1.807, 2.05) is 20.8 Å². The molecule has 0 aliphatic rings. The normalized spacial score (nSPS) is 11.4. The fraction of sp³-hybridized carbons (Fsp3) is 0.571. The molecule has 2 N–H and O–H groups in total. The van der Waals surface area contributed by atoms with Crippen LogP contribution in [0, 0.1) is 0 Å². The van der Waals surface area contributed by atoms with Gasteiger partial charge in [-0.05, 0) is 38.4 Å². The third-order valence-electron chi connectivity index (χ3n) is 2.42. The minimum absolute atomic E-state index is 0.147. The second kappa shape index (κ2) is 8.27. The average Bonchev–Trinajstić information content (AvgIpc) is 2.36. The highest BCUT2D eigenvalue weighted by Crippen LogP contribution is 2.07. The van der Waals surface area contributed by atoms with Gasteiger partial charge in [0, 0.05) is 0 Å². The summed E-state index contributed by atoms with van der Waals surface area (Å²) in [6.07, 6.45) is 0. The Hall–Kier alpha value is -1.08. The highest BCUT2D eigenvalue weighted by molar-refractivity contribution is 6.58. The summed E-state index contributed by atoms with van der Waals surface area (Å²) in [6.45, 7) is 7.93. The molecule has 6 heteroatoms. The fourth-order valence-corrected chi connectivity index (χ4v) is 1.49. The van der Waals surface area contributed by atoms with Crippen LogP contribution in [0.25, 0.3) is 0 Å². The van der Waals surface area contributed by atoms with Crippen LogP contribution in [0.15, 0.2) is 24.3 Å². The minimum Gasteiger partial charge on any atom is -0.491 e. The smallest absolute Gasteiger partial charge is 0.488 e. The lowest BCUT2D eigenvalue weighted by Crippen LogP contribution is -2.29. The van der Waals surface area contributed by atoms with Crippen molar-refractivity contribution in [3.05, 3.63) is 24.3 Å². The van der Waals surface area contributed by atoms with Gasteiger partial charge in [0.2, 0.25) is 0 Å². The Morgan fingerprint density at radius 3 is 2.40 bits per heavy atom. The van der Waals surface area contributed by atoms with E-state index in [0.29, 0.717) is 37.6 Å². The van der Waals surface area contributed by atoms with E-state index >= 15 is 0 Å². The predicted octanol–water partition coefficient (Wildman–Crippen LogP) is 0.577. The van der Waals surface area contributed by atoms with Gasteiger partial charge >= 0.3 is 7.12 Å². The van der Waals surface area contributed by atoms with Crippen LogP contribution in [0.1, 0.15) is 20.8 Å². The maximum Gasteiger partial charge on any atom is 0.488 e. The molecule has 1 aromatic rings. The lowest BCUT2D eigenvalue weighted by Gasteiger charge is -2.19. The molecule has 0 radical (unpaired) electrons. The van der Waals surface area contributed by atoms with Gasteiger partial charge in [0.25, 0.3) is 0 Å². The van der Waals surface area contributed by atoms with Crippen LogP contribution in [-0.2, 0) is 9.47 Å². The molecule has 0 bridgehead atoms. The molecule has 0 fully saturated rings. The van der Waals surface area contributed by atoms with Crippen LogP contribution >= 0.6 is 0 Å². The Labute approximate surface area is 120 Å². The van der Waals surface area contributed by atoms with Gasteiger partial charge in [-0.3, -0.25) is 0 Å². The van der Waals surface area contributed by atoms with Gasteiger partial charge in [-0.25, -0.2) is 0 Å². The number of hydrogen-bond acceptors (Lipinski definition) is 5. The molecular formula is C14H23BO5. The van der Waals surface area contributed by atoms with Gasteiger partial charge in [-0.1, -0.05) is 12.1 Å². The number of rotatable bonds is 8. The van der Waals surface area contributed by atoms with Crippen molar-refractivity contribution in [1.82, 2.24) is 0 Å². The molecule has 0 aromatic heterocycles. The van der Waals surface area contributed by atoms with Crippen molar-refractivity contribution in [1.29, 1.82) is 0 Å². The average molecular weight is 282 g/mol. The summed E-state index contributed by atoms with van der Waals surface area (Å²) in [7, 11) is -1.48. The van der Waals surface area contributed by atoms with Gasteiger partial charge in [-0.15, -0.1) is 0 Å². The zero-order valence-corrected chi connectivity index (χ0v) is 12.3. The molecule has 0 aliphatic carbocycles. The van der Waals surface area contributed by atoms with E-state index < -0.39 is 7.12 Å². The zero-order valence-electron chi connectivity index (χ0n) is 12.3. The maximum atomic E-state index is 9.04. The summed E-state index contributed by atoms with van der Waals surface area (Å²) in [5.41, 5.74) is 0.257. The van der Waals surface area contributed by atoms with Crippen molar-refractivity contribution in [3.8, 4) is 5.75 Å². The number of ether oxygens (including phenoxy) is 3. The first kappa shape index (κ1) is 17.0. The van der Waals surface area contributed by atoms with Gasteiger partial charge in [0.15, 0.2) is 0 Å². The monoisotopic (exact) mass is 282 g/mol. The molecule has 1 rings (SSSR count). The summed E-state index contributed by atoms with van der Waals surface area (Å²) in [5.74, 6) is 0.588. The second-order valence-corrected chi connectivity index (χ2v) is 5.37. The third kappa shape index (κ3) is 7.50. The summed E-state index contributed by atoms with van der Waals surface area (Å²) in [5, 5.41) is 18.1. The molecule has 0 heterocycles. The molecule has 112 valence electrons. The second-order valence-electron chi connectivity index (χ2n) is 5.37. The van der Waals surface area contributed by atoms with Crippen LogP contribution in [0.2, 0.25) is 0 Å². The van der Waals surface area contributed by atoms with E-state index in [2.05, 4.69) is 0 Å². The summed E-state index contributed by atoms with van der Waals surface area (Å²) in [6, 6.07) is 6.68. The summed E-state index contributed by atoms with van der Waals surface area (Å²) in [4.78, 5) is 0. The van der Waals surface area contributed by atoms with E-state index in [-0.39, 0.29) is 5.60 Å². The zero-order chi connectivity index (χ0) is 15.0. The largest absolute Gasteiger partial charge is 0.491 e. The Balaban J connectivity index is 2.14. The van der Waals surface area contributed by atoms with Crippen molar-refractivity contribution >= 4 is 12.6 Å². The number of benzene rings is 1. The first-order valence-electron chi connectivity index (χ1n) is 6.69. The molecule has 0 saturated heterocycles. The van der Waals surface area contributed by atoms with E-state index in [1.165, 1.54) is 0 Å². The van der Waals surface area contributed by atoms with E-state index in [1.54, 1.807) is 24.3 Å². The Morgan fingerprint density at radius 1 is 1.05 bits per heavy atom. The topological polar surface area (TPSA) is 68.2 Å². The Bertz CT molecular complexity index is 389. The van der Waals surface area contributed by atoms with Gasteiger partial charge in [0.1, 0.15) is 12.4 Å². The maximum absolute atomic E-state index is 9.04. The van der Waals surface area contributed by atoms with Crippen LogP contribution in [0.4, 0.5) is 0 Å². The van der Waals surface area contributed by atoms with Crippen LogP contribution in [0.5, 0.6) is 5.75 Å². The summed E-state index contributed by atoms with van der Waals surface area (Å²) >= 11 is 0. The molecule has 0 atom stereocenters. The quantitative estimate of drug-likeness (QED) is 0.539. The third-order valence-corrected chi connectivity index (χ3v) is 2.42. The lowest BCUT2D eigenvalue weighted by atomic mass is 9.80. The first-order valence-corrected chi connectivity index (χ1v) is 6.69. The number of hydrogen-bond donors (Lipinski definition) is 2. The lowest BCUT2D eigenvalue weighted by molar-refractivity contribution is -0.0375. The van der Waals surface area contributed by atoms with E-state index in [0.717, 1.165) is 0 Å². The molecule has 20 heavy (non-hydrogen) atoms. The van der Waals surface area contributed by atoms with Gasteiger partial charge < -0.3 is 24.3 Å². The van der Waals surface area contributed by atoms with Gasteiger partial charge in [0.05, 0.1) is 25.4 Å². The molecular weight excluding hydrogens is 259 g/mol. The van der Waals surface area contributed by atoms with Crippen molar-refractivity contribution in [2.75, 3.05) is 26.4 Å². The molecule has 5 nitrogen and oxygen atoms in total. The first-order chi connectivity index (χ1) is 9.38. The van der Waals surface area contributed by atoms with E-state index in [9.17, 15) is 0 Å². The highest BCUT2D eigenvalue weighted by atomic mass is 16.5.